The summed E-state index contributed by atoms with van der Waals surface area (Å²) >= 11 is 2.26. The Kier molecular flexibility index (Phi) is 4.45. The molecule has 18 heavy (non-hydrogen) atoms. The van der Waals surface area contributed by atoms with Crippen molar-refractivity contribution in [1.82, 2.24) is 0 Å². The number of aryl methyl sites for hydroxylation is 1. The van der Waals surface area contributed by atoms with Crippen molar-refractivity contribution in [3.05, 3.63) is 27.3 Å². The van der Waals surface area contributed by atoms with E-state index in [1.54, 1.807) is 0 Å². The first-order chi connectivity index (χ1) is 8.46. The summed E-state index contributed by atoms with van der Waals surface area (Å²) in [6.45, 7) is 2.68. The van der Waals surface area contributed by atoms with Gasteiger partial charge in [0, 0.05) is 28.6 Å². The lowest BCUT2D eigenvalue weighted by Crippen LogP contribution is -2.29. The minimum Gasteiger partial charge on any atom is -0.385 e. The van der Waals surface area contributed by atoms with Gasteiger partial charge in [-0.2, -0.15) is 0 Å². The average Bonchev–Trinajstić information content (AvgIpc) is 2.29. The van der Waals surface area contributed by atoms with Gasteiger partial charge in [-0.3, -0.25) is 0 Å². The zero-order valence-corrected chi connectivity index (χ0v) is 12.6. The molecule has 0 saturated heterocycles. The van der Waals surface area contributed by atoms with Gasteiger partial charge in [-0.1, -0.05) is 6.07 Å². The second kappa shape index (κ2) is 5.72. The van der Waals surface area contributed by atoms with Gasteiger partial charge in [0.15, 0.2) is 0 Å². The lowest BCUT2D eigenvalue weighted by atomic mass is 9.86. The fourth-order valence-corrected chi connectivity index (χ4v) is 2.98. The number of benzene rings is 1. The smallest absolute Gasteiger partial charge is 0.248 e. The first-order valence-electron chi connectivity index (χ1n) is 6.34. The van der Waals surface area contributed by atoms with Crippen LogP contribution < -0.4 is 5.32 Å². The maximum atomic E-state index is 13.3. The average molecular weight is 365 g/mol. The number of nitrogens with one attached hydrogen (secondary N) is 1. The Labute approximate surface area is 120 Å². The molecule has 0 aliphatic heterocycles. The predicted molar refractivity (Wildman–Crippen MR) is 79.3 cm³/mol. The van der Waals surface area contributed by atoms with Crippen LogP contribution in [0.3, 0.4) is 0 Å². The summed E-state index contributed by atoms with van der Waals surface area (Å²) < 4.78 is 27.8. The molecule has 4 heteroatoms. The van der Waals surface area contributed by atoms with Gasteiger partial charge < -0.3 is 5.32 Å². The first-order valence-corrected chi connectivity index (χ1v) is 7.42. The fourth-order valence-electron chi connectivity index (χ4n) is 2.49. The summed E-state index contributed by atoms with van der Waals surface area (Å²) in [5.41, 5.74) is 2.23. The van der Waals surface area contributed by atoms with Crippen molar-refractivity contribution in [3.8, 4) is 0 Å². The Balaban J connectivity index is 1.93. The standard InChI is InChI=1S/C14H18F2IN/c1-10-4-5-12(17)7-13(10)18-9-11-3-2-6-14(15,16)8-11/h4-5,7,11,18H,2-3,6,8-9H2,1H3. The van der Waals surface area contributed by atoms with Crippen LogP contribution in [0.1, 0.15) is 31.2 Å². The molecule has 2 rings (SSSR count). The topological polar surface area (TPSA) is 12.0 Å². The van der Waals surface area contributed by atoms with Gasteiger partial charge in [0.1, 0.15) is 0 Å². The van der Waals surface area contributed by atoms with E-state index in [1.165, 1.54) is 0 Å². The summed E-state index contributed by atoms with van der Waals surface area (Å²) in [6.07, 6.45) is 1.64. The molecule has 1 N–H and O–H groups in total. The number of anilines is 1. The van der Waals surface area contributed by atoms with Crippen LogP contribution in [-0.4, -0.2) is 12.5 Å². The van der Waals surface area contributed by atoms with Gasteiger partial charge in [-0.15, -0.1) is 0 Å². The molecule has 0 bridgehead atoms. The highest BCUT2D eigenvalue weighted by molar-refractivity contribution is 14.1. The third-order valence-corrected chi connectivity index (χ3v) is 4.19. The van der Waals surface area contributed by atoms with E-state index in [-0.39, 0.29) is 18.8 Å². The number of hydrogen-bond acceptors (Lipinski definition) is 1. The van der Waals surface area contributed by atoms with E-state index in [9.17, 15) is 8.78 Å². The van der Waals surface area contributed by atoms with E-state index in [2.05, 4.69) is 46.1 Å². The lowest BCUT2D eigenvalue weighted by molar-refractivity contribution is -0.0502. The van der Waals surface area contributed by atoms with Gasteiger partial charge in [0.2, 0.25) is 5.92 Å². The van der Waals surface area contributed by atoms with Gasteiger partial charge in [0.25, 0.3) is 0 Å². The van der Waals surface area contributed by atoms with E-state index in [1.807, 2.05) is 6.92 Å². The predicted octanol–water partition coefficient (Wildman–Crippen LogP) is 4.84. The number of alkyl halides is 2. The summed E-state index contributed by atoms with van der Waals surface area (Å²) in [5, 5.41) is 3.32. The summed E-state index contributed by atoms with van der Waals surface area (Å²) in [4.78, 5) is 0. The number of halogens is 3. The molecule has 1 atom stereocenters. The van der Waals surface area contributed by atoms with Gasteiger partial charge in [-0.05, 0) is 66.0 Å². The van der Waals surface area contributed by atoms with Crippen LogP contribution in [0, 0.1) is 16.4 Å². The Bertz CT molecular complexity index is 420. The lowest BCUT2D eigenvalue weighted by Gasteiger charge is -2.29. The molecular weight excluding hydrogens is 347 g/mol. The van der Waals surface area contributed by atoms with Crippen LogP contribution in [0.5, 0.6) is 0 Å². The molecule has 0 spiro atoms. The van der Waals surface area contributed by atoms with E-state index in [0.717, 1.165) is 21.2 Å². The van der Waals surface area contributed by atoms with E-state index in [0.29, 0.717) is 13.0 Å². The number of rotatable bonds is 3. The van der Waals surface area contributed by atoms with Crippen molar-refractivity contribution in [2.24, 2.45) is 5.92 Å². The van der Waals surface area contributed by atoms with E-state index < -0.39 is 5.92 Å². The van der Waals surface area contributed by atoms with Gasteiger partial charge >= 0.3 is 0 Å². The van der Waals surface area contributed by atoms with Crippen LogP contribution in [0.25, 0.3) is 0 Å². The van der Waals surface area contributed by atoms with Crippen LogP contribution in [0.15, 0.2) is 18.2 Å². The fraction of sp³-hybridized carbons (Fsp3) is 0.571. The molecule has 1 aromatic carbocycles. The quantitative estimate of drug-likeness (QED) is 0.756. The van der Waals surface area contributed by atoms with Gasteiger partial charge in [-0.25, -0.2) is 8.78 Å². The third-order valence-electron chi connectivity index (χ3n) is 3.52. The highest BCUT2D eigenvalue weighted by Gasteiger charge is 2.35. The molecule has 1 unspecified atom stereocenters. The van der Waals surface area contributed by atoms with Crippen LogP contribution >= 0.6 is 22.6 Å². The minimum atomic E-state index is -2.45. The molecule has 0 aromatic heterocycles. The zero-order valence-electron chi connectivity index (χ0n) is 10.5. The molecule has 1 saturated carbocycles. The molecule has 1 aromatic rings. The van der Waals surface area contributed by atoms with Crippen molar-refractivity contribution < 1.29 is 8.78 Å². The summed E-state index contributed by atoms with van der Waals surface area (Å²) in [5.74, 6) is -2.36. The molecule has 1 nitrogen and oxygen atoms in total. The van der Waals surface area contributed by atoms with Crippen molar-refractivity contribution in [2.75, 3.05) is 11.9 Å². The van der Waals surface area contributed by atoms with E-state index in [4.69, 9.17) is 0 Å². The van der Waals surface area contributed by atoms with Crippen LogP contribution in [0.4, 0.5) is 14.5 Å². The largest absolute Gasteiger partial charge is 0.385 e. The van der Waals surface area contributed by atoms with Crippen molar-refractivity contribution in [3.63, 3.8) is 0 Å². The van der Waals surface area contributed by atoms with Gasteiger partial charge in [0.05, 0.1) is 0 Å². The Morgan fingerprint density at radius 3 is 2.94 bits per heavy atom. The van der Waals surface area contributed by atoms with Crippen LogP contribution in [0.2, 0.25) is 0 Å². The van der Waals surface area contributed by atoms with Crippen molar-refractivity contribution in [2.45, 2.75) is 38.5 Å². The SMILES string of the molecule is Cc1ccc(I)cc1NCC1CCCC(F)(F)C1. The molecule has 1 aliphatic carbocycles. The zero-order chi connectivity index (χ0) is 13.2. The molecular formula is C14H18F2IN. The number of hydrogen-bond donors (Lipinski definition) is 1. The molecule has 1 fully saturated rings. The summed E-state index contributed by atoms with van der Waals surface area (Å²) in [7, 11) is 0. The molecule has 0 heterocycles. The Morgan fingerprint density at radius 1 is 1.44 bits per heavy atom. The molecule has 0 amide bonds. The Hall–Kier alpha value is -0.390. The minimum absolute atomic E-state index is 0.0307. The van der Waals surface area contributed by atoms with Crippen molar-refractivity contribution >= 4 is 28.3 Å². The second-order valence-corrected chi connectivity index (χ2v) is 6.40. The highest BCUT2D eigenvalue weighted by atomic mass is 127. The van der Waals surface area contributed by atoms with E-state index >= 15 is 0 Å². The van der Waals surface area contributed by atoms with Crippen LogP contribution in [-0.2, 0) is 0 Å². The highest BCUT2D eigenvalue weighted by Crippen LogP contribution is 2.36. The Morgan fingerprint density at radius 2 is 2.22 bits per heavy atom. The monoisotopic (exact) mass is 365 g/mol. The molecule has 0 radical (unpaired) electrons. The normalized spacial score (nSPS) is 22.8. The second-order valence-electron chi connectivity index (χ2n) is 5.16. The summed E-state index contributed by atoms with van der Waals surface area (Å²) in [6, 6.07) is 6.17. The molecule has 100 valence electrons. The third kappa shape index (κ3) is 3.80. The first kappa shape index (κ1) is 14.0. The van der Waals surface area contributed by atoms with Crippen molar-refractivity contribution in [1.29, 1.82) is 0 Å². The maximum Gasteiger partial charge on any atom is 0.248 e. The maximum absolute atomic E-state index is 13.3. The molecule has 1 aliphatic rings.